The summed E-state index contributed by atoms with van der Waals surface area (Å²) >= 11 is 0. The Hall–Kier alpha value is -6.03. The molecule has 3 N–H and O–H groups in total. The molecule has 1 aliphatic heterocycles. The Morgan fingerprint density at radius 2 is 1.80 bits per heavy atom. The van der Waals surface area contributed by atoms with E-state index >= 15 is 0 Å². The number of carbonyl (C=O) groups is 3. The lowest BCUT2D eigenvalue weighted by molar-refractivity contribution is -0.139. The molecule has 0 fully saturated rings. The summed E-state index contributed by atoms with van der Waals surface area (Å²) in [5.41, 5.74) is 5.32. The van der Waals surface area contributed by atoms with Crippen molar-refractivity contribution in [3.05, 3.63) is 94.2 Å². The number of hydrogen-bond acceptors (Lipinski definition) is 10. The maximum absolute atomic E-state index is 12.6. The average Bonchev–Trinajstić information content (AvgIpc) is 3.06. The van der Waals surface area contributed by atoms with E-state index in [0.29, 0.717) is 39.4 Å². The van der Waals surface area contributed by atoms with Crippen molar-refractivity contribution in [2.75, 3.05) is 27.4 Å². The van der Waals surface area contributed by atoms with Crippen molar-refractivity contribution in [3.8, 4) is 29.1 Å². The maximum Gasteiger partial charge on any atom is 0.338 e. The number of esters is 1. The summed E-state index contributed by atoms with van der Waals surface area (Å²) in [5, 5.41) is 18.7. The Morgan fingerprint density at radius 3 is 2.54 bits per heavy atom. The topological polar surface area (TPSA) is 170 Å². The van der Waals surface area contributed by atoms with Crippen LogP contribution in [0.4, 0.5) is 4.79 Å². The first-order chi connectivity index (χ1) is 22.3. The van der Waals surface area contributed by atoms with E-state index in [1.54, 1.807) is 68.4 Å². The van der Waals surface area contributed by atoms with Crippen molar-refractivity contribution in [1.82, 2.24) is 16.1 Å². The molecular weight excluding hydrogens is 594 g/mol. The number of urea groups is 1. The average molecular weight is 628 g/mol. The standard InChI is InChI=1S/C33H33N5O8/c1-5-44-32(40)29-20(2)36-33(41)37-30(29)21-13-14-25(27(15-21)43-4)45-19-28(39)38-35-17-23-11-8-12-26(42-3)31(23)46-18-24-10-7-6-9-22(24)16-34/h6-15,17,30H,5,18-19H2,1-4H3,(H,38,39)(H2,36,37,41)/b35-17+/t30-/m1/s1. The number of benzene rings is 3. The first-order valence-electron chi connectivity index (χ1n) is 14.1. The summed E-state index contributed by atoms with van der Waals surface area (Å²) in [6.45, 7) is 3.21. The molecule has 3 aromatic rings. The van der Waals surface area contributed by atoms with Crippen LogP contribution in [0, 0.1) is 11.3 Å². The molecule has 13 heteroatoms. The molecule has 0 aliphatic carbocycles. The molecule has 46 heavy (non-hydrogen) atoms. The van der Waals surface area contributed by atoms with Gasteiger partial charge in [-0.15, -0.1) is 0 Å². The molecule has 0 bridgehead atoms. The number of amides is 3. The molecule has 0 unspecified atom stereocenters. The molecular formula is C33H33N5O8. The molecule has 1 heterocycles. The second-order valence-electron chi connectivity index (χ2n) is 9.72. The second-order valence-corrected chi connectivity index (χ2v) is 9.72. The smallest absolute Gasteiger partial charge is 0.338 e. The van der Waals surface area contributed by atoms with E-state index in [9.17, 15) is 19.6 Å². The molecule has 4 rings (SSSR count). The van der Waals surface area contributed by atoms with E-state index in [0.717, 1.165) is 0 Å². The zero-order valence-electron chi connectivity index (χ0n) is 25.7. The van der Waals surface area contributed by atoms with Crippen molar-refractivity contribution in [2.24, 2.45) is 5.10 Å². The third-order valence-electron chi connectivity index (χ3n) is 6.78. The second kappa shape index (κ2) is 15.6. The fourth-order valence-electron chi connectivity index (χ4n) is 4.61. The molecule has 3 amide bonds. The molecule has 0 saturated heterocycles. The Labute approximate surface area is 265 Å². The van der Waals surface area contributed by atoms with Gasteiger partial charge in [-0.2, -0.15) is 10.4 Å². The van der Waals surface area contributed by atoms with Crippen molar-refractivity contribution in [2.45, 2.75) is 26.5 Å². The predicted molar refractivity (Wildman–Crippen MR) is 166 cm³/mol. The van der Waals surface area contributed by atoms with E-state index in [1.807, 2.05) is 6.07 Å². The largest absolute Gasteiger partial charge is 0.493 e. The van der Waals surface area contributed by atoms with Gasteiger partial charge >= 0.3 is 12.0 Å². The first kappa shape index (κ1) is 32.9. The molecule has 3 aromatic carbocycles. The summed E-state index contributed by atoms with van der Waals surface area (Å²) < 4.78 is 27.7. The van der Waals surface area contributed by atoms with Gasteiger partial charge in [-0.25, -0.2) is 15.0 Å². The summed E-state index contributed by atoms with van der Waals surface area (Å²) in [6.07, 6.45) is 1.41. The van der Waals surface area contributed by atoms with Crippen LogP contribution in [0.15, 0.2) is 77.0 Å². The van der Waals surface area contributed by atoms with Gasteiger partial charge in [0, 0.05) is 16.8 Å². The zero-order chi connectivity index (χ0) is 33.1. The lowest BCUT2D eigenvalue weighted by Gasteiger charge is -2.28. The van der Waals surface area contributed by atoms with Crippen LogP contribution in [0.3, 0.4) is 0 Å². The van der Waals surface area contributed by atoms with Crippen molar-refractivity contribution < 1.29 is 38.1 Å². The molecule has 0 radical (unpaired) electrons. The number of nitrogens with one attached hydrogen (secondary N) is 3. The predicted octanol–water partition coefficient (Wildman–Crippen LogP) is 3.87. The summed E-state index contributed by atoms with van der Waals surface area (Å²) in [4.78, 5) is 37.4. The van der Waals surface area contributed by atoms with Gasteiger partial charge in [0.1, 0.15) is 6.61 Å². The minimum absolute atomic E-state index is 0.121. The highest BCUT2D eigenvalue weighted by Crippen LogP contribution is 2.35. The van der Waals surface area contributed by atoms with Gasteiger partial charge in [-0.3, -0.25) is 4.79 Å². The van der Waals surface area contributed by atoms with Gasteiger partial charge in [0.25, 0.3) is 5.91 Å². The van der Waals surface area contributed by atoms with E-state index in [2.05, 4.69) is 27.2 Å². The molecule has 0 spiro atoms. The number of carbonyl (C=O) groups excluding carboxylic acids is 3. The van der Waals surface area contributed by atoms with Crippen LogP contribution >= 0.6 is 0 Å². The van der Waals surface area contributed by atoms with E-state index in [-0.39, 0.29) is 30.3 Å². The molecule has 1 atom stereocenters. The van der Waals surface area contributed by atoms with Crippen molar-refractivity contribution >= 4 is 24.1 Å². The van der Waals surface area contributed by atoms with Gasteiger partial charge in [-0.05, 0) is 49.7 Å². The van der Waals surface area contributed by atoms with Gasteiger partial charge in [0.2, 0.25) is 0 Å². The summed E-state index contributed by atoms with van der Waals surface area (Å²) in [6, 6.07) is 18.0. The monoisotopic (exact) mass is 627 g/mol. The fourth-order valence-corrected chi connectivity index (χ4v) is 4.61. The Kier molecular flexibility index (Phi) is 11.2. The SMILES string of the molecule is CCOC(=O)C1=C(C)NC(=O)N[C@@H]1c1ccc(OCC(=O)N/N=C/c2cccc(OC)c2OCc2ccccc2C#N)c(OC)c1. The fraction of sp³-hybridized carbons (Fsp3) is 0.242. The number of hydrazone groups is 1. The third-order valence-corrected chi connectivity index (χ3v) is 6.78. The first-order valence-corrected chi connectivity index (χ1v) is 14.1. The minimum Gasteiger partial charge on any atom is -0.493 e. The molecule has 238 valence electrons. The summed E-state index contributed by atoms with van der Waals surface area (Å²) in [5.74, 6) is 0.254. The van der Waals surface area contributed by atoms with Crippen LogP contribution in [0.5, 0.6) is 23.0 Å². The number of ether oxygens (including phenoxy) is 5. The van der Waals surface area contributed by atoms with Crippen LogP contribution in [0.2, 0.25) is 0 Å². The normalized spacial score (nSPS) is 14.1. The lowest BCUT2D eigenvalue weighted by atomic mass is 9.95. The third kappa shape index (κ3) is 7.92. The number of para-hydroxylation sites is 1. The van der Waals surface area contributed by atoms with Crippen LogP contribution < -0.4 is 35.0 Å². The van der Waals surface area contributed by atoms with E-state index in [1.165, 1.54) is 20.4 Å². The van der Waals surface area contributed by atoms with Crippen LogP contribution in [-0.4, -0.2) is 51.6 Å². The number of nitriles is 1. The van der Waals surface area contributed by atoms with Crippen LogP contribution in [0.25, 0.3) is 0 Å². The van der Waals surface area contributed by atoms with Crippen LogP contribution in [-0.2, 0) is 20.9 Å². The van der Waals surface area contributed by atoms with Crippen molar-refractivity contribution in [1.29, 1.82) is 5.26 Å². The van der Waals surface area contributed by atoms with Gasteiger partial charge in [0.05, 0.1) is 50.3 Å². The number of allylic oxidation sites excluding steroid dienone is 1. The number of methoxy groups -OCH3 is 2. The van der Waals surface area contributed by atoms with Crippen LogP contribution in [0.1, 0.15) is 42.1 Å². The van der Waals surface area contributed by atoms with Gasteiger partial charge in [-0.1, -0.05) is 30.3 Å². The van der Waals surface area contributed by atoms with E-state index in [4.69, 9.17) is 23.7 Å². The minimum atomic E-state index is -0.792. The maximum atomic E-state index is 12.6. The molecule has 13 nitrogen and oxygen atoms in total. The Morgan fingerprint density at radius 1 is 1.02 bits per heavy atom. The quantitative estimate of drug-likeness (QED) is 0.145. The Balaban J connectivity index is 1.42. The summed E-state index contributed by atoms with van der Waals surface area (Å²) in [7, 11) is 2.93. The number of nitrogens with zero attached hydrogens (tertiary/aromatic N) is 2. The zero-order valence-corrected chi connectivity index (χ0v) is 25.7. The number of hydrogen-bond donors (Lipinski definition) is 3. The Bertz CT molecular complexity index is 1710. The molecule has 0 saturated carbocycles. The van der Waals surface area contributed by atoms with Gasteiger partial charge < -0.3 is 34.3 Å². The van der Waals surface area contributed by atoms with Gasteiger partial charge in [0.15, 0.2) is 29.6 Å². The van der Waals surface area contributed by atoms with E-state index < -0.39 is 30.6 Å². The highest BCUT2D eigenvalue weighted by Gasteiger charge is 2.32. The molecule has 0 aromatic heterocycles. The highest BCUT2D eigenvalue weighted by atomic mass is 16.5. The lowest BCUT2D eigenvalue weighted by Crippen LogP contribution is -2.45. The van der Waals surface area contributed by atoms with Crippen molar-refractivity contribution in [3.63, 3.8) is 0 Å². The highest BCUT2D eigenvalue weighted by molar-refractivity contribution is 5.95. The number of rotatable bonds is 13. The molecule has 1 aliphatic rings.